The highest BCUT2D eigenvalue weighted by molar-refractivity contribution is 6.30. The molecule has 1 aromatic carbocycles. The number of aromatic nitrogens is 2. The van der Waals surface area contributed by atoms with Gasteiger partial charge in [0.05, 0.1) is 6.04 Å². The Labute approximate surface area is 112 Å². The van der Waals surface area contributed by atoms with Crippen molar-refractivity contribution in [1.82, 2.24) is 15.0 Å². The summed E-state index contributed by atoms with van der Waals surface area (Å²) >= 11 is 5.98. The maximum atomic E-state index is 5.98. The molecular weight excluding hydrogens is 248 g/mol. The van der Waals surface area contributed by atoms with E-state index < -0.39 is 0 Å². The third kappa shape index (κ3) is 2.90. The molecule has 0 aliphatic carbocycles. The molecule has 18 heavy (non-hydrogen) atoms. The number of aryl methyl sites for hydroxylation is 1. The Morgan fingerprint density at radius 3 is 3.00 bits per heavy atom. The summed E-state index contributed by atoms with van der Waals surface area (Å²) in [6.07, 6.45) is 4.51. The largest absolute Gasteiger partial charge is 0.334 e. The van der Waals surface area contributed by atoms with Gasteiger partial charge in [0.25, 0.3) is 0 Å². The van der Waals surface area contributed by atoms with Gasteiger partial charge in [0.15, 0.2) is 0 Å². The number of nitrogens with zero attached hydrogens (tertiary/aromatic N) is 2. The molecule has 0 saturated heterocycles. The molecule has 5 heteroatoms. The molecule has 96 valence electrons. The molecule has 0 radical (unpaired) electrons. The van der Waals surface area contributed by atoms with Crippen LogP contribution in [-0.2, 0) is 13.0 Å². The van der Waals surface area contributed by atoms with E-state index in [0.29, 0.717) is 0 Å². The third-order valence-corrected chi connectivity index (χ3v) is 3.17. The van der Waals surface area contributed by atoms with Gasteiger partial charge in [0.2, 0.25) is 0 Å². The molecule has 4 nitrogen and oxygen atoms in total. The lowest BCUT2D eigenvalue weighted by Gasteiger charge is -2.17. The van der Waals surface area contributed by atoms with Crippen LogP contribution in [0.15, 0.2) is 36.7 Å². The Kier molecular flexibility index (Phi) is 4.36. The quantitative estimate of drug-likeness (QED) is 0.644. The number of rotatable bonds is 5. The third-order valence-electron chi connectivity index (χ3n) is 2.93. The number of nitrogens with one attached hydrogen (secondary N) is 1. The van der Waals surface area contributed by atoms with Crippen LogP contribution in [0.4, 0.5) is 0 Å². The maximum absolute atomic E-state index is 5.98. The smallest absolute Gasteiger partial charge is 0.127 e. The lowest BCUT2D eigenvalue weighted by Crippen LogP contribution is -2.31. The first-order valence-electron chi connectivity index (χ1n) is 5.96. The summed E-state index contributed by atoms with van der Waals surface area (Å²) in [7, 11) is 0. The first-order chi connectivity index (χ1) is 8.74. The van der Waals surface area contributed by atoms with E-state index in [1.54, 1.807) is 6.20 Å². The normalized spacial score (nSPS) is 12.6. The fourth-order valence-electron chi connectivity index (χ4n) is 2.02. The highest BCUT2D eigenvalue weighted by Gasteiger charge is 2.15. The molecule has 0 bridgehead atoms. The Morgan fingerprint density at radius 1 is 1.50 bits per heavy atom. The van der Waals surface area contributed by atoms with E-state index in [2.05, 4.69) is 21.9 Å². The fraction of sp³-hybridized carbons (Fsp3) is 0.308. The minimum Gasteiger partial charge on any atom is -0.334 e. The first-order valence-corrected chi connectivity index (χ1v) is 6.34. The second kappa shape index (κ2) is 6.00. The summed E-state index contributed by atoms with van der Waals surface area (Å²) in [5.74, 6) is 6.58. The summed E-state index contributed by atoms with van der Waals surface area (Å²) in [5, 5.41) is 0.738. The number of hydrazine groups is 1. The summed E-state index contributed by atoms with van der Waals surface area (Å²) in [5.41, 5.74) is 3.96. The Balaban J connectivity index is 2.20. The number of benzene rings is 1. The van der Waals surface area contributed by atoms with Gasteiger partial charge in [-0.25, -0.2) is 10.4 Å². The molecule has 0 amide bonds. The van der Waals surface area contributed by atoms with Crippen LogP contribution >= 0.6 is 11.6 Å². The molecule has 3 N–H and O–H groups in total. The average Bonchev–Trinajstić information content (AvgIpc) is 2.84. The topological polar surface area (TPSA) is 55.9 Å². The highest BCUT2D eigenvalue weighted by Crippen LogP contribution is 2.19. The zero-order valence-corrected chi connectivity index (χ0v) is 11.1. The van der Waals surface area contributed by atoms with Crippen molar-refractivity contribution in [2.75, 3.05) is 0 Å². The van der Waals surface area contributed by atoms with Crippen LogP contribution in [0.3, 0.4) is 0 Å². The summed E-state index contributed by atoms with van der Waals surface area (Å²) in [6, 6.07) is 7.78. The Morgan fingerprint density at radius 2 is 2.33 bits per heavy atom. The molecule has 1 heterocycles. The van der Waals surface area contributed by atoms with Gasteiger partial charge < -0.3 is 4.57 Å². The van der Waals surface area contributed by atoms with Crippen LogP contribution in [0.5, 0.6) is 0 Å². The van der Waals surface area contributed by atoms with E-state index in [-0.39, 0.29) is 6.04 Å². The molecular formula is C13H17ClN4. The number of imidazole rings is 1. The monoisotopic (exact) mass is 264 g/mol. The fourth-order valence-corrected chi connectivity index (χ4v) is 2.24. The van der Waals surface area contributed by atoms with Crippen molar-refractivity contribution in [1.29, 1.82) is 0 Å². The Hall–Kier alpha value is -1.36. The Bertz CT molecular complexity index is 509. The van der Waals surface area contributed by atoms with Crippen molar-refractivity contribution >= 4 is 11.6 Å². The van der Waals surface area contributed by atoms with Crippen LogP contribution < -0.4 is 11.3 Å². The van der Waals surface area contributed by atoms with Crippen molar-refractivity contribution in [3.8, 4) is 0 Å². The second-order valence-corrected chi connectivity index (χ2v) is 4.56. The lowest BCUT2D eigenvalue weighted by molar-refractivity contribution is 0.496. The minimum atomic E-state index is -0.0154. The zero-order valence-electron chi connectivity index (χ0n) is 10.3. The molecule has 0 aliphatic heterocycles. The van der Waals surface area contributed by atoms with Crippen molar-refractivity contribution in [2.45, 2.75) is 25.9 Å². The molecule has 2 rings (SSSR count). The van der Waals surface area contributed by atoms with Crippen LogP contribution in [-0.4, -0.2) is 9.55 Å². The van der Waals surface area contributed by atoms with Crippen molar-refractivity contribution in [3.05, 3.63) is 53.1 Å². The van der Waals surface area contributed by atoms with Crippen molar-refractivity contribution in [2.24, 2.45) is 5.84 Å². The number of halogens is 1. The van der Waals surface area contributed by atoms with E-state index in [1.807, 2.05) is 30.5 Å². The van der Waals surface area contributed by atoms with E-state index in [0.717, 1.165) is 29.4 Å². The maximum Gasteiger partial charge on any atom is 0.127 e. The van der Waals surface area contributed by atoms with Gasteiger partial charge in [-0.05, 0) is 31.0 Å². The van der Waals surface area contributed by atoms with Crippen LogP contribution in [0.1, 0.15) is 24.4 Å². The van der Waals surface area contributed by atoms with E-state index in [4.69, 9.17) is 17.4 Å². The van der Waals surface area contributed by atoms with Gasteiger partial charge in [-0.2, -0.15) is 0 Å². The second-order valence-electron chi connectivity index (χ2n) is 4.12. The number of hydrogen-bond donors (Lipinski definition) is 2. The van der Waals surface area contributed by atoms with Gasteiger partial charge in [-0.15, -0.1) is 0 Å². The van der Waals surface area contributed by atoms with Gasteiger partial charge >= 0.3 is 0 Å². The predicted octanol–water partition coefficient (Wildman–Crippen LogP) is 2.30. The first kappa shape index (κ1) is 13.1. The van der Waals surface area contributed by atoms with E-state index in [9.17, 15) is 0 Å². The van der Waals surface area contributed by atoms with Crippen LogP contribution in [0, 0.1) is 0 Å². The highest BCUT2D eigenvalue weighted by atomic mass is 35.5. The molecule has 1 aromatic heterocycles. The summed E-state index contributed by atoms with van der Waals surface area (Å²) in [6.45, 7) is 2.96. The molecule has 0 spiro atoms. The number of hydrogen-bond acceptors (Lipinski definition) is 3. The summed E-state index contributed by atoms with van der Waals surface area (Å²) in [4.78, 5) is 4.36. The molecule has 1 unspecified atom stereocenters. The molecule has 0 saturated carbocycles. The molecule has 2 aromatic rings. The zero-order chi connectivity index (χ0) is 13.0. The van der Waals surface area contributed by atoms with Crippen molar-refractivity contribution < 1.29 is 0 Å². The van der Waals surface area contributed by atoms with E-state index in [1.165, 1.54) is 0 Å². The number of nitrogens with two attached hydrogens (primary N) is 1. The van der Waals surface area contributed by atoms with Gasteiger partial charge in [0.1, 0.15) is 5.82 Å². The molecule has 0 fully saturated rings. The lowest BCUT2D eigenvalue weighted by atomic mass is 10.1. The van der Waals surface area contributed by atoms with Crippen LogP contribution in [0.2, 0.25) is 5.02 Å². The van der Waals surface area contributed by atoms with Gasteiger partial charge in [-0.3, -0.25) is 5.84 Å². The SMILES string of the molecule is CCn1ccnc1C(Cc1cccc(Cl)c1)NN. The summed E-state index contributed by atoms with van der Waals surface area (Å²) < 4.78 is 2.08. The van der Waals surface area contributed by atoms with Crippen molar-refractivity contribution in [3.63, 3.8) is 0 Å². The minimum absolute atomic E-state index is 0.0154. The average molecular weight is 265 g/mol. The van der Waals surface area contributed by atoms with Gasteiger partial charge in [0, 0.05) is 24.0 Å². The van der Waals surface area contributed by atoms with Crippen LogP contribution in [0.25, 0.3) is 0 Å². The van der Waals surface area contributed by atoms with E-state index >= 15 is 0 Å². The standard InChI is InChI=1S/C13H17ClN4/c1-2-18-7-6-16-13(18)12(17-15)9-10-4-3-5-11(14)8-10/h3-8,12,17H,2,9,15H2,1H3. The predicted molar refractivity (Wildman–Crippen MR) is 73.1 cm³/mol. The molecule has 1 atom stereocenters. The molecule has 0 aliphatic rings. The van der Waals surface area contributed by atoms with Gasteiger partial charge in [-0.1, -0.05) is 23.7 Å².